The molecule has 1 radical (unpaired) electrons. The lowest BCUT2D eigenvalue weighted by Gasteiger charge is -1.99. The van der Waals surface area contributed by atoms with Crippen molar-refractivity contribution in [2.45, 2.75) is 32.7 Å². The third-order valence-corrected chi connectivity index (χ3v) is 2.12. The third-order valence-electron chi connectivity index (χ3n) is 2.12. The van der Waals surface area contributed by atoms with Crippen LogP contribution in [0.1, 0.15) is 30.3 Å². The molecule has 0 spiro atoms. The highest BCUT2D eigenvalue weighted by molar-refractivity contribution is 5.10. The largest absolute Gasteiger partial charge is 0.322 e. The summed E-state index contributed by atoms with van der Waals surface area (Å²) in [4.78, 5) is 4.12. The van der Waals surface area contributed by atoms with Crippen LogP contribution >= 0.6 is 0 Å². The van der Waals surface area contributed by atoms with Gasteiger partial charge < -0.3 is 4.57 Å². The second-order valence-corrected chi connectivity index (χ2v) is 2.98. The highest BCUT2D eigenvalue weighted by atomic mass is 15.1. The van der Waals surface area contributed by atoms with E-state index in [4.69, 9.17) is 0 Å². The lowest BCUT2D eigenvalue weighted by atomic mass is 10.4. The molecule has 53 valence electrons. The Hall–Kier alpha value is -0.790. The fourth-order valence-corrected chi connectivity index (χ4v) is 1.15. The van der Waals surface area contributed by atoms with Crippen LogP contribution in [0, 0.1) is 20.2 Å². The van der Waals surface area contributed by atoms with Crippen LogP contribution in [0.2, 0.25) is 0 Å². The van der Waals surface area contributed by atoms with Crippen molar-refractivity contribution in [2.75, 3.05) is 0 Å². The first-order chi connectivity index (χ1) is 4.79. The molecule has 0 aromatic carbocycles. The first kappa shape index (κ1) is 5.96. The van der Waals surface area contributed by atoms with Gasteiger partial charge in [0.25, 0.3) is 0 Å². The number of rotatable bonds is 1. The Labute approximate surface area is 60.9 Å². The number of hydrogen-bond acceptors (Lipinski definition) is 1. The van der Waals surface area contributed by atoms with E-state index in [0.29, 0.717) is 0 Å². The van der Waals surface area contributed by atoms with Gasteiger partial charge in [-0.15, -0.1) is 0 Å². The molecule has 1 aliphatic rings. The first-order valence-electron chi connectivity index (χ1n) is 3.72. The summed E-state index contributed by atoms with van der Waals surface area (Å²) < 4.78 is 2.16. The highest BCUT2D eigenvalue weighted by Crippen LogP contribution is 2.35. The van der Waals surface area contributed by atoms with Gasteiger partial charge in [-0.3, -0.25) is 0 Å². The molecule has 0 aliphatic heterocycles. The van der Waals surface area contributed by atoms with Crippen molar-refractivity contribution in [3.63, 3.8) is 0 Å². The molecular formula is C8H11N2. The van der Waals surface area contributed by atoms with E-state index in [9.17, 15) is 0 Å². The molecule has 1 aliphatic carbocycles. The fraction of sp³-hybridized carbons (Fsp3) is 0.625. The molecule has 0 unspecified atom stereocenters. The normalized spacial score (nSPS) is 17.8. The number of imidazole rings is 1. The van der Waals surface area contributed by atoms with Gasteiger partial charge in [0.1, 0.15) is 0 Å². The standard InChI is InChI=1S/C8H11N2/c1-6-7(2)10(5-9-6)8-3-4-8/h8H,3-4H2,1-2H3. The van der Waals surface area contributed by atoms with Crippen LogP contribution in [0.15, 0.2) is 0 Å². The van der Waals surface area contributed by atoms with E-state index in [1.807, 2.05) is 6.92 Å². The predicted octanol–water partition coefficient (Wildman–Crippen LogP) is 1.64. The maximum Gasteiger partial charge on any atom is 0.177 e. The number of hydrogen-bond donors (Lipinski definition) is 0. The Morgan fingerprint density at radius 1 is 1.50 bits per heavy atom. The Morgan fingerprint density at radius 2 is 2.20 bits per heavy atom. The first-order valence-corrected chi connectivity index (χ1v) is 3.72. The Balaban J connectivity index is 2.40. The molecule has 1 aromatic heterocycles. The molecular weight excluding hydrogens is 124 g/mol. The van der Waals surface area contributed by atoms with Gasteiger partial charge in [-0.2, -0.15) is 0 Å². The molecule has 1 aromatic rings. The van der Waals surface area contributed by atoms with Crippen LogP contribution in [-0.4, -0.2) is 9.55 Å². The van der Waals surface area contributed by atoms with E-state index < -0.39 is 0 Å². The summed E-state index contributed by atoms with van der Waals surface area (Å²) in [5.74, 6) is 0. The summed E-state index contributed by atoms with van der Waals surface area (Å²) in [6, 6.07) is 0.723. The van der Waals surface area contributed by atoms with Crippen LogP contribution in [0.5, 0.6) is 0 Å². The van der Waals surface area contributed by atoms with Crippen molar-refractivity contribution >= 4 is 0 Å². The fourth-order valence-electron chi connectivity index (χ4n) is 1.15. The summed E-state index contributed by atoms with van der Waals surface area (Å²) in [6.45, 7) is 4.14. The minimum atomic E-state index is 0.723. The van der Waals surface area contributed by atoms with Gasteiger partial charge in [0, 0.05) is 11.7 Å². The summed E-state index contributed by atoms with van der Waals surface area (Å²) in [6.07, 6.45) is 5.63. The van der Waals surface area contributed by atoms with E-state index in [1.165, 1.54) is 18.5 Å². The number of aryl methyl sites for hydroxylation is 1. The Morgan fingerprint density at radius 3 is 2.60 bits per heavy atom. The topological polar surface area (TPSA) is 17.8 Å². The van der Waals surface area contributed by atoms with E-state index >= 15 is 0 Å². The van der Waals surface area contributed by atoms with Crippen LogP contribution in [0.4, 0.5) is 0 Å². The molecule has 2 heteroatoms. The van der Waals surface area contributed by atoms with Crippen LogP contribution in [-0.2, 0) is 0 Å². The zero-order chi connectivity index (χ0) is 7.14. The Kier molecular flexibility index (Phi) is 1.10. The highest BCUT2D eigenvalue weighted by Gasteiger charge is 2.25. The predicted molar refractivity (Wildman–Crippen MR) is 38.8 cm³/mol. The Bertz CT molecular complexity index is 246. The zero-order valence-electron chi connectivity index (χ0n) is 6.39. The zero-order valence-corrected chi connectivity index (χ0v) is 6.39. The van der Waals surface area contributed by atoms with Crippen LogP contribution in [0.25, 0.3) is 0 Å². The number of nitrogens with zero attached hydrogens (tertiary/aromatic N) is 2. The summed E-state index contributed by atoms with van der Waals surface area (Å²) in [5, 5.41) is 0. The molecule has 0 bridgehead atoms. The van der Waals surface area contributed by atoms with Crippen molar-refractivity contribution in [3.05, 3.63) is 17.7 Å². The van der Waals surface area contributed by atoms with Crippen LogP contribution < -0.4 is 0 Å². The molecule has 0 saturated heterocycles. The lowest BCUT2D eigenvalue weighted by molar-refractivity contribution is 0.710. The second-order valence-electron chi connectivity index (χ2n) is 2.98. The van der Waals surface area contributed by atoms with Crippen molar-refractivity contribution in [1.82, 2.24) is 9.55 Å². The van der Waals surface area contributed by atoms with Gasteiger partial charge in [0.05, 0.1) is 5.69 Å². The minimum absolute atomic E-state index is 0.723. The summed E-state index contributed by atoms with van der Waals surface area (Å²) in [5.41, 5.74) is 2.40. The molecule has 1 fully saturated rings. The minimum Gasteiger partial charge on any atom is -0.322 e. The molecule has 0 N–H and O–H groups in total. The molecule has 2 rings (SSSR count). The van der Waals surface area contributed by atoms with Gasteiger partial charge in [-0.25, -0.2) is 4.98 Å². The smallest absolute Gasteiger partial charge is 0.177 e. The molecule has 0 amide bonds. The molecule has 1 saturated carbocycles. The van der Waals surface area contributed by atoms with E-state index in [1.54, 1.807) is 0 Å². The maximum absolute atomic E-state index is 4.12. The molecule has 1 heterocycles. The lowest BCUT2D eigenvalue weighted by Crippen LogP contribution is -1.94. The van der Waals surface area contributed by atoms with Gasteiger partial charge in [0.15, 0.2) is 6.33 Å². The van der Waals surface area contributed by atoms with Gasteiger partial charge >= 0.3 is 0 Å². The monoisotopic (exact) mass is 135 g/mol. The molecule has 0 atom stereocenters. The SMILES string of the molecule is Cc1n[c]n(C2CC2)c1C. The number of aromatic nitrogens is 2. The third kappa shape index (κ3) is 0.753. The quantitative estimate of drug-likeness (QED) is 0.572. The van der Waals surface area contributed by atoms with E-state index in [2.05, 4.69) is 22.8 Å². The van der Waals surface area contributed by atoms with Crippen molar-refractivity contribution in [1.29, 1.82) is 0 Å². The molecule has 10 heavy (non-hydrogen) atoms. The van der Waals surface area contributed by atoms with Crippen molar-refractivity contribution in [3.8, 4) is 0 Å². The van der Waals surface area contributed by atoms with E-state index in [0.717, 1.165) is 11.7 Å². The van der Waals surface area contributed by atoms with Gasteiger partial charge in [-0.05, 0) is 26.7 Å². The van der Waals surface area contributed by atoms with Crippen molar-refractivity contribution in [2.24, 2.45) is 0 Å². The maximum atomic E-state index is 4.12. The average Bonchev–Trinajstić information content (AvgIpc) is 2.67. The van der Waals surface area contributed by atoms with Gasteiger partial charge in [0.2, 0.25) is 0 Å². The molecule has 2 nitrogen and oxygen atoms in total. The van der Waals surface area contributed by atoms with Crippen LogP contribution in [0.3, 0.4) is 0 Å². The summed E-state index contributed by atoms with van der Waals surface area (Å²) >= 11 is 0. The second kappa shape index (κ2) is 1.84. The van der Waals surface area contributed by atoms with Crippen molar-refractivity contribution < 1.29 is 0 Å². The van der Waals surface area contributed by atoms with E-state index in [-0.39, 0.29) is 0 Å². The van der Waals surface area contributed by atoms with Gasteiger partial charge in [-0.1, -0.05) is 0 Å². The summed E-state index contributed by atoms with van der Waals surface area (Å²) in [7, 11) is 0. The average molecular weight is 135 g/mol.